The van der Waals surface area contributed by atoms with Crippen molar-refractivity contribution < 1.29 is 0 Å². The molecule has 1 rings (SSSR count). The SMILES string of the molecule is CCC(N)CC1CN(C)CCN1. The largest absolute Gasteiger partial charge is 0.328 e. The number of hydrogen-bond donors (Lipinski definition) is 2. The standard InChI is InChI=1S/C9H21N3/c1-3-8(10)6-9-7-12(2)5-4-11-9/h8-9,11H,3-7,10H2,1-2H3. The first-order chi connectivity index (χ1) is 5.72. The number of hydrogen-bond acceptors (Lipinski definition) is 3. The number of rotatable bonds is 3. The third kappa shape index (κ3) is 3.09. The van der Waals surface area contributed by atoms with Gasteiger partial charge >= 0.3 is 0 Å². The van der Waals surface area contributed by atoms with Crippen LogP contribution in [0.15, 0.2) is 0 Å². The first-order valence-corrected chi connectivity index (χ1v) is 4.90. The number of nitrogens with two attached hydrogens (primary N) is 1. The highest BCUT2D eigenvalue weighted by atomic mass is 15.2. The van der Waals surface area contributed by atoms with E-state index < -0.39 is 0 Å². The molecule has 1 saturated heterocycles. The quantitative estimate of drug-likeness (QED) is 0.629. The molecule has 2 atom stereocenters. The van der Waals surface area contributed by atoms with E-state index in [1.165, 1.54) is 0 Å². The minimum atomic E-state index is 0.369. The molecule has 0 aromatic carbocycles. The van der Waals surface area contributed by atoms with Crippen molar-refractivity contribution in [1.29, 1.82) is 0 Å². The zero-order valence-electron chi connectivity index (χ0n) is 8.21. The van der Waals surface area contributed by atoms with Gasteiger partial charge in [0.15, 0.2) is 0 Å². The van der Waals surface area contributed by atoms with E-state index in [0.717, 1.165) is 32.5 Å². The Kier molecular flexibility index (Phi) is 3.98. The van der Waals surface area contributed by atoms with Crippen LogP contribution < -0.4 is 11.1 Å². The van der Waals surface area contributed by atoms with E-state index in [-0.39, 0.29) is 0 Å². The van der Waals surface area contributed by atoms with Crippen LogP contribution in [0.5, 0.6) is 0 Å². The summed E-state index contributed by atoms with van der Waals surface area (Å²) in [5.74, 6) is 0. The fraction of sp³-hybridized carbons (Fsp3) is 1.00. The zero-order valence-corrected chi connectivity index (χ0v) is 8.21. The van der Waals surface area contributed by atoms with Crippen molar-refractivity contribution in [3.63, 3.8) is 0 Å². The lowest BCUT2D eigenvalue weighted by atomic mass is 10.0. The van der Waals surface area contributed by atoms with Crippen LogP contribution in [0.1, 0.15) is 19.8 Å². The highest BCUT2D eigenvalue weighted by molar-refractivity contribution is 4.79. The molecule has 0 aliphatic carbocycles. The minimum absolute atomic E-state index is 0.369. The molecule has 12 heavy (non-hydrogen) atoms. The minimum Gasteiger partial charge on any atom is -0.328 e. The summed E-state index contributed by atoms with van der Waals surface area (Å²) in [4.78, 5) is 2.36. The van der Waals surface area contributed by atoms with E-state index in [1.54, 1.807) is 0 Å². The van der Waals surface area contributed by atoms with Crippen molar-refractivity contribution in [3.05, 3.63) is 0 Å². The lowest BCUT2D eigenvalue weighted by Crippen LogP contribution is -2.50. The Morgan fingerprint density at radius 3 is 3.00 bits per heavy atom. The highest BCUT2D eigenvalue weighted by Gasteiger charge is 2.17. The third-order valence-electron chi connectivity index (χ3n) is 2.57. The second-order valence-corrected chi connectivity index (χ2v) is 3.82. The molecule has 2 unspecified atom stereocenters. The summed E-state index contributed by atoms with van der Waals surface area (Å²) in [5, 5.41) is 3.49. The Balaban J connectivity index is 2.22. The van der Waals surface area contributed by atoms with Crippen LogP contribution in [0, 0.1) is 0 Å². The zero-order chi connectivity index (χ0) is 8.97. The van der Waals surface area contributed by atoms with Crippen molar-refractivity contribution in [1.82, 2.24) is 10.2 Å². The molecule has 1 aliphatic rings. The van der Waals surface area contributed by atoms with Crippen LogP contribution in [-0.2, 0) is 0 Å². The van der Waals surface area contributed by atoms with Crippen LogP contribution in [0.25, 0.3) is 0 Å². The summed E-state index contributed by atoms with van der Waals surface area (Å²) >= 11 is 0. The predicted octanol–water partition coefficient (Wildman–Crippen LogP) is 0.0174. The van der Waals surface area contributed by atoms with Crippen LogP contribution >= 0.6 is 0 Å². The lowest BCUT2D eigenvalue weighted by Gasteiger charge is -2.32. The molecule has 0 amide bonds. The van der Waals surface area contributed by atoms with Gasteiger partial charge in [-0.3, -0.25) is 0 Å². The van der Waals surface area contributed by atoms with E-state index in [4.69, 9.17) is 5.73 Å². The second-order valence-electron chi connectivity index (χ2n) is 3.82. The Morgan fingerprint density at radius 2 is 2.42 bits per heavy atom. The molecule has 0 aromatic rings. The fourth-order valence-corrected chi connectivity index (χ4v) is 1.68. The van der Waals surface area contributed by atoms with E-state index in [1.807, 2.05) is 0 Å². The monoisotopic (exact) mass is 171 g/mol. The van der Waals surface area contributed by atoms with Crippen molar-refractivity contribution in [2.45, 2.75) is 31.8 Å². The third-order valence-corrected chi connectivity index (χ3v) is 2.57. The molecule has 1 fully saturated rings. The number of likely N-dealkylation sites (N-methyl/N-ethyl adjacent to an activating group) is 1. The average molecular weight is 171 g/mol. The molecule has 0 radical (unpaired) electrons. The number of piperazine rings is 1. The van der Waals surface area contributed by atoms with Crippen LogP contribution in [0.2, 0.25) is 0 Å². The van der Waals surface area contributed by atoms with Gasteiger partial charge in [0.25, 0.3) is 0 Å². The van der Waals surface area contributed by atoms with E-state index in [0.29, 0.717) is 12.1 Å². The van der Waals surface area contributed by atoms with Gasteiger partial charge in [-0.15, -0.1) is 0 Å². The van der Waals surface area contributed by atoms with E-state index >= 15 is 0 Å². The molecule has 0 saturated carbocycles. The van der Waals surface area contributed by atoms with Crippen LogP contribution in [0.3, 0.4) is 0 Å². The fourth-order valence-electron chi connectivity index (χ4n) is 1.68. The topological polar surface area (TPSA) is 41.3 Å². The summed E-state index contributed by atoms with van der Waals surface area (Å²) in [6.45, 7) is 5.57. The van der Waals surface area contributed by atoms with Gasteiger partial charge in [-0.25, -0.2) is 0 Å². The summed E-state index contributed by atoms with van der Waals surface area (Å²) in [5.41, 5.74) is 5.89. The maximum absolute atomic E-state index is 5.89. The van der Waals surface area contributed by atoms with Gasteiger partial charge in [-0.05, 0) is 19.9 Å². The summed E-state index contributed by atoms with van der Waals surface area (Å²) in [7, 11) is 2.17. The van der Waals surface area contributed by atoms with Crippen molar-refractivity contribution in [2.24, 2.45) is 5.73 Å². The Labute approximate surface area is 75.3 Å². The molecule has 0 aromatic heterocycles. The van der Waals surface area contributed by atoms with Gasteiger partial charge in [-0.1, -0.05) is 6.92 Å². The second kappa shape index (κ2) is 4.80. The Hall–Kier alpha value is -0.120. The van der Waals surface area contributed by atoms with Gasteiger partial charge in [0, 0.05) is 31.7 Å². The average Bonchev–Trinajstić information content (AvgIpc) is 2.04. The van der Waals surface area contributed by atoms with E-state index in [2.05, 4.69) is 24.2 Å². The number of nitrogens with one attached hydrogen (secondary N) is 1. The molecule has 1 aliphatic heterocycles. The molecular weight excluding hydrogens is 150 g/mol. The summed E-state index contributed by atoms with van der Waals surface area (Å²) in [6, 6.07) is 0.979. The predicted molar refractivity (Wildman–Crippen MR) is 52.2 cm³/mol. The van der Waals surface area contributed by atoms with Gasteiger partial charge in [0.1, 0.15) is 0 Å². The number of nitrogens with zero attached hydrogens (tertiary/aromatic N) is 1. The van der Waals surface area contributed by atoms with E-state index in [9.17, 15) is 0 Å². The van der Waals surface area contributed by atoms with Gasteiger partial charge in [0.05, 0.1) is 0 Å². The van der Waals surface area contributed by atoms with Gasteiger partial charge in [0.2, 0.25) is 0 Å². The summed E-state index contributed by atoms with van der Waals surface area (Å²) in [6.07, 6.45) is 2.20. The lowest BCUT2D eigenvalue weighted by molar-refractivity contribution is 0.225. The van der Waals surface area contributed by atoms with Crippen LogP contribution in [0.4, 0.5) is 0 Å². The normalized spacial score (nSPS) is 28.8. The molecular formula is C9H21N3. The maximum Gasteiger partial charge on any atom is 0.0210 e. The summed E-state index contributed by atoms with van der Waals surface area (Å²) < 4.78 is 0. The van der Waals surface area contributed by atoms with Gasteiger partial charge < -0.3 is 16.0 Å². The highest BCUT2D eigenvalue weighted by Crippen LogP contribution is 2.04. The molecule has 1 heterocycles. The first-order valence-electron chi connectivity index (χ1n) is 4.90. The molecule has 72 valence electrons. The van der Waals surface area contributed by atoms with Crippen molar-refractivity contribution in [2.75, 3.05) is 26.7 Å². The molecule has 3 N–H and O–H groups in total. The first kappa shape index (κ1) is 9.96. The maximum atomic E-state index is 5.89. The van der Waals surface area contributed by atoms with Gasteiger partial charge in [-0.2, -0.15) is 0 Å². The van der Waals surface area contributed by atoms with Crippen LogP contribution in [-0.4, -0.2) is 43.7 Å². The van der Waals surface area contributed by atoms with Crippen molar-refractivity contribution in [3.8, 4) is 0 Å². The smallest absolute Gasteiger partial charge is 0.0210 e. The molecule has 3 nitrogen and oxygen atoms in total. The Bertz CT molecular complexity index is 127. The molecule has 0 bridgehead atoms. The van der Waals surface area contributed by atoms with Crippen molar-refractivity contribution >= 4 is 0 Å². The Morgan fingerprint density at radius 1 is 1.67 bits per heavy atom. The molecule has 0 spiro atoms. The molecule has 3 heteroatoms.